The molecule has 2 heterocycles. The molecular weight excluding hydrogens is 276 g/mol. The van der Waals surface area contributed by atoms with E-state index in [0.29, 0.717) is 12.2 Å². The molecule has 0 unspecified atom stereocenters. The van der Waals surface area contributed by atoms with E-state index >= 15 is 0 Å². The Bertz CT molecular complexity index is 570. The van der Waals surface area contributed by atoms with Gasteiger partial charge in [0.25, 0.3) is 5.56 Å². The minimum Gasteiger partial charge on any atom is -0.394 e. The molecule has 6 nitrogen and oxygen atoms in total. The molecule has 2 N–H and O–H groups in total. The molecule has 2 rings (SSSR count). The third-order valence-corrected chi connectivity index (χ3v) is 3.24. The molecule has 0 aliphatic carbocycles. The molecule has 0 aliphatic heterocycles. The van der Waals surface area contributed by atoms with E-state index in [2.05, 4.69) is 15.4 Å². The van der Waals surface area contributed by atoms with E-state index < -0.39 is 5.56 Å². The summed E-state index contributed by atoms with van der Waals surface area (Å²) in [5, 5.41) is 17.6. The minimum atomic E-state index is -0.422. The van der Waals surface area contributed by atoms with Crippen molar-refractivity contribution in [3.05, 3.63) is 38.2 Å². The van der Waals surface area contributed by atoms with Gasteiger partial charge < -0.3 is 10.4 Å². The molecular formula is C10H11ClN4O2S. The summed E-state index contributed by atoms with van der Waals surface area (Å²) in [4.78, 5) is 15.9. The second-order valence-electron chi connectivity index (χ2n) is 3.46. The first-order chi connectivity index (χ1) is 8.72. The van der Waals surface area contributed by atoms with Gasteiger partial charge in [0, 0.05) is 5.38 Å². The van der Waals surface area contributed by atoms with Crippen molar-refractivity contribution in [1.29, 1.82) is 0 Å². The molecule has 0 spiro atoms. The highest BCUT2D eigenvalue weighted by molar-refractivity contribution is 7.07. The van der Waals surface area contributed by atoms with Crippen LogP contribution in [0.4, 0.5) is 5.69 Å². The van der Waals surface area contributed by atoms with Gasteiger partial charge in [0.05, 0.1) is 42.8 Å². The van der Waals surface area contributed by atoms with Crippen LogP contribution in [0.25, 0.3) is 0 Å². The predicted molar refractivity (Wildman–Crippen MR) is 70.0 cm³/mol. The van der Waals surface area contributed by atoms with Crippen LogP contribution in [0.2, 0.25) is 5.02 Å². The molecule has 0 aliphatic rings. The first-order valence-electron chi connectivity index (χ1n) is 5.20. The zero-order chi connectivity index (χ0) is 13.0. The minimum absolute atomic E-state index is 0.0636. The largest absolute Gasteiger partial charge is 0.394 e. The molecule has 0 bridgehead atoms. The summed E-state index contributed by atoms with van der Waals surface area (Å²) in [6.07, 6.45) is 1.46. The van der Waals surface area contributed by atoms with Crippen molar-refractivity contribution < 1.29 is 5.11 Å². The van der Waals surface area contributed by atoms with Gasteiger partial charge in [-0.1, -0.05) is 11.6 Å². The molecule has 2 aromatic heterocycles. The van der Waals surface area contributed by atoms with Gasteiger partial charge in [-0.25, -0.2) is 9.67 Å². The van der Waals surface area contributed by atoms with Crippen LogP contribution in [0.3, 0.4) is 0 Å². The van der Waals surface area contributed by atoms with Gasteiger partial charge in [-0.15, -0.1) is 11.3 Å². The SMILES string of the molecule is O=c1c(Cl)c(NCc2cscn2)cnn1CCO. The van der Waals surface area contributed by atoms with Crippen molar-refractivity contribution in [2.75, 3.05) is 11.9 Å². The Labute approximate surface area is 112 Å². The number of aromatic nitrogens is 3. The molecule has 0 atom stereocenters. The molecule has 2 aromatic rings. The zero-order valence-electron chi connectivity index (χ0n) is 9.34. The second-order valence-corrected chi connectivity index (χ2v) is 4.55. The van der Waals surface area contributed by atoms with Crippen molar-refractivity contribution >= 4 is 28.6 Å². The van der Waals surface area contributed by atoms with E-state index in [0.717, 1.165) is 10.4 Å². The van der Waals surface area contributed by atoms with E-state index in [1.807, 2.05) is 5.38 Å². The third-order valence-electron chi connectivity index (χ3n) is 2.24. The van der Waals surface area contributed by atoms with Crippen LogP contribution >= 0.6 is 22.9 Å². The van der Waals surface area contributed by atoms with Gasteiger partial charge in [0.2, 0.25) is 0 Å². The van der Waals surface area contributed by atoms with Gasteiger partial charge in [-0.2, -0.15) is 5.10 Å². The molecule has 0 radical (unpaired) electrons. The fourth-order valence-corrected chi connectivity index (χ4v) is 2.12. The number of halogens is 1. The molecule has 96 valence electrons. The van der Waals surface area contributed by atoms with Crippen molar-refractivity contribution in [3.8, 4) is 0 Å². The van der Waals surface area contributed by atoms with Crippen LogP contribution in [0.1, 0.15) is 5.69 Å². The fraction of sp³-hybridized carbons (Fsp3) is 0.300. The number of thiazole rings is 1. The number of aliphatic hydroxyl groups is 1. The quantitative estimate of drug-likeness (QED) is 0.856. The van der Waals surface area contributed by atoms with Crippen molar-refractivity contribution in [2.24, 2.45) is 0 Å². The smallest absolute Gasteiger partial charge is 0.287 e. The number of hydrogen-bond donors (Lipinski definition) is 2. The Morgan fingerprint density at radius 1 is 1.56 bits per heavy atom. The average molecular weight is 287 g/mol. The number of nitrogens with zero attached hydrogens (tertiary/aromatic N) is 3. The molecule has 0 aromatic carbocycles. The average Bonchev–Trinajstić information content (AvgIpc) is 2.87. The number of hydrogen-bond acceptors (Lipinski definition) is 6. The Hall–Kier alpha value is -1.44. The van der Waals surface area contributed by atoms with E-state index in [1.165, 1.54) is 17.5 Å². The van der Waals surface area contributed by atoms with Crippen molar-refractivity contribution in [2.45, 2.75) is 13.1 Å². The van der Waals surface area contributed by atoms with E-state index in [1.54, 1.807) is 5.51 Å². The summed E-state index contributed by atoms with van der Waals surface area (Å²) < 4.78 is 1.12. The lowest BCUT2D eigenvalue weighted by Crippen LogP contribution is -2.25. The zero-order valence-corrected chi connectivity index (χ0v) is 10.9. The number of nitrogens with one attached hydrogen (secondary N) is 1. The summed E-state index contributed by atoms with van der Waals surface area (Å²) in [5.41, 5.74) is 2.64. The second kappa shape index (κ2) is 5.94. The fourth-order valence-electron chi connectivity index (χ4n) is 1.35. The van der Waals surface area contributed by atoms with E-state index in [-0.39, 0.29) is 18.2 Å². The highest BCUT2D eigenvalue weighted by atomic mass is 35.5. The van der Waals surface area contributed by atoms with Crippen LogP contribution in [0.15, 0.2) is 21.9 Å². The monoisotopic (exact) mass is 286 g/mol. The molecule has 0 saturated carbocycles. The van der Waals surface area contributed by atoms with Crippen molar-refractivity contribution in [1.82, 2.24) is 14.8 Å². The van der Waals surface area contributed by atoms with Crippen LogP contribution < -0.4 is 10.9 Å². The molecule has 0 saturated heterocycles. The molecule has 8 heteroatoms. The first kappa shape index (κ1) is 13.0. The summed E-state index contributed by atoms with van der Waals surface area (Å²) in [7, 11) is 0. The number of anilines is 1. The Morgan fingerprint density at radius 3 is 3.06 bits per heavy atom. The lowest BCUT2D eigenvalue weighted by molar-refractivity contribution is 0.266. The van der Waals surface area contributed by atoms with E-state index in [4.69, 9.17) is 16.7 Å². The maximum absolute atomic E-state index is 11.7. The summed E-state index contributed by atoms with van der Waals surface area (Å²) in [6, 6.07) is 0. The van der Waals surface area contributed by atoms with Crippen LogP contribution in [-0.2, 0) is 13.1 Å². The van der Waals surface area contributed by atoms with Gasteiger partial charge in [-0.3, -0.25) is 4.79 Å². The predicted octanol–water partition coefficient (Wildman–Crippen LogP) is 0.958. The maximum Gasteiger partial charge on any atom is 0.287 e. The Morgan fingerprint density at radius 2 is 2.39 bits per heavy atom. The normalized spacial score (nSPS) is 10.6. The molecule has 0 amide bonds. The third kappa shape index (κ3) is 2.87. The Balaban J connectivity index is 2.14. The summed E-state index contributed by atoms with van der Waals surface area (Å²) >= 11 is 7.44. The van der Waals surface area contributed by atoms with Gasteiger partial charge in [-0.05, 0) is 0 Å². The highest BCUT2D eigenvalue weighted by Gasteiger charge is 2.08. The molecule has 0 fully saturated rings. The van der Waals surface area contributed by atoms with Crippen LogP contribution in [0.5, 0.6) is 0 Å². The maximum atomic E-state index is 11.7. The first-order valence-corrected chi connectivity index (χ1v) is 6.52. The van der Waals surface area contributed by atoms with Gasteiger partial charge in [0.15, 0.2) is 0 Å². The van der Waals surface area contributed by atoms with Crippen LogP contribution in [-0.4, -0.2) is 26.5 Å². The molecule has 18 heavy (non-hydrogen) atoms. The number of aliphatic hydroxyl groups excluding tert-OH is 1. The number of rotatable bonds is 5. The van der Waals surface area contributed by atoms with Gasteiger partial charge >= 0.3 is 0 Å². The Kier molecular flexibility index (Phi) is 4.29. The van der Waals surface area contributed by atoms with Crippen LogP contribution in [0, 0.1) is 0 Å². The lowest BCUT2D eigenvalue weighted by atomic mass is 10.4. The van der Waals surface area contributed by atoms with Gasteiger partial charge in [0.1, 0.15) is 5.02 Å². The summed E-state index contributed by atoms with van der Waals surface area (Å²) in [5.74, 6) is 0. The highest BCUT2D eigenvalue weighted by Crippen LogP contribution is 2.16. The van der Waals surface area contributed by atoms with E-state index in [9.17, 15) is 4.79 Å². The van der Waals surface area contributed by atoms with Crippen molar-refractivity contribution in [3.63, 3.8) is 0 Å². The standard InChI is InChI=1S/C10H11ClN4O2S/c11-9-8(12-3-7-5-18-6-13-7)4-14-15(1-2-16)10(9)17/h4-6,12,16H,1-3H2. The topological polar surface area (TPSA) is 80.0 Å². The lowest BCUT2D eigenvalue weighted by Gasteiger charge is -2.08. The summed E-state index contributed by atoms with van der Waals surface area (Å²) in [6.45, 7) is 0.452.